The fourth-order valence-electron chi connectivity index (χ4n) is 7.78. The number of ether oxygens (including phenoxy) is 1. The second-order valence-corrected chi connectivity index (χ2v) is 13.8. The number of methoxy groups -OCH3 is 1. The Bertz CT molecular complexity index is 1780. The Morgan fingerprint density at radius 3 is 2.74 bits per heavy atom. The van der Waals surface area contributed by atoms with E-state index in [0.717, 1.165) is 67.8 Å². The van der Waals surface area contributed by atoms with Crippen molar-refractivity contribution in [2.45, 2.75) is 56.8 Å². The number of fused-ring (bicyclic) bond motifs is 3. The molecule has 2 amide bonds. The maximum atomic E-state index is 16.6. The molecule has 0 radical (unpaired) electrons. The van der Waals surface area contributed by atoms with E-state index in [1.54, 1.807) is 17.9 Å². The Kier molecular flexibility index (Phi) is 7.08. The number of aryl methyl sites for hydroxylation is 1. The second kappa shape index (κ2) is 11.2. The molecule has 1 N–H and O–H groups in total. The van der Waals surface area contributed by atoms with Gasteiger partial charge in [-0.25, -0.2) is 14.4 Å². The summed E-state index contributed by atoms with van der Waals surface area (Å²) in [6, 6.07) is 7.16. The second-order valence-electron chi connectivity index (χ2n) is 12.9. The third-order valence-electron chi connectivity index (χ3n) is 10.4. The number of aromatic nitrogens is 3. The largest absolute Gasteiger partial charge is 0.469 e. The number of rotatable bonds is 8. The van der Waals surface area contributed by atoms with Crippen LogP contribution in [0.5, 0.6) is 0 Å². The fraction of sp³-hybridized carbons (Fsp3) is 0.441. The average molecular weight is 645 g/mol. The summed E-state index contributed by atoms with van der Waals surface area (Å²) in [4.78, 5) is 52.2. The molecule has 5 aliphatic rings. The number of carbonyl (C=O) groups excluding carboxylic acids is 3. The van der Waals surface area contributed by atoms with Gasteiger partial charge in [-0.15, -0.1) is 11.3 Å². The Morgan fingerprint density at radius 1 is 1.20 bits per heavy atom. The van der Waals surface area contributed by atoms with Crippen molar-refractivity contribution in [2.24, 2.45) is 11.8 Å². The highest BCUT2D eigenvalue weighted by molar-refractivity contribution is 7.13. The smallest absolute Gasteiger partial charge is 0.305 e. The van der Waals surface area contributed by atoms with Crippen LogP contribution in [0.2, 0.25) is 0 Å². The van der Waals surface area contributed by atoms with Crippen LogP contribution in [0.15, 0.2) is 59.4 Å². The molecule has 3 aromatic rings. The number of halogens is 1. The Morgan fingerprint density at radius 2 is 2.00 bits per heavy atom. The van der Waals surface area contributed by atoms with E-state index in [-0.39, 0.29) is 25.8 Å². The number of allylic oxidation sites excluding steroid dienone is 1. The minimum absolute atomic E-state index is 0. The van der Waals surface area contributed by atoms with Crippen LogP contribution in [-0.4, -0.2) is 69.6 Å². The van der Waals surface area contributed by atoms with Gasteiger partial charge in [-0.2, -0.15) is 0 Å². The minimum Gasteiger partial charge on any atom is -0.469 e. The van der Waals surface area contributed by atoms with Crippen LogP contribution >= 0.6 is 11.3 Å². The zero-order chi connectivity index (χ0) is 31.6. The summed E-state index contributed by atoms with van der Waals surface area (Å²) in [5, 5.41) is 5.08. The summed E-state index contributed by atoms with van der Waals surface area (Å²) in [6.45, 7) is 2.59. The van der Waals surface area contributed by atoms with Gasteiger partial charge in [-0.05, 0) is 72.9 Å². The van der Waals surface area contributed by atoms with Crippen molar-refractivity contribution < 1.29 is 24.9 Å². The quantitative estimate of drug-likeness (QED) is 0.346. The minimum atomic E-state index is -1.60. The molecule has 240 valence electrons. The van der Waals surface area contributed by atoms with Crippen LogP contribution in [0.1, 0.15) is 56.5 Å². The molecule has 2 fully saturated rings. The molecule has 46 heavy (non-hydrogen) atoms. The van der Waals surface area contributed by atoms with Gasteiger partial charge in [0.15, 0.2) is 11.2 Å². The van der Waals surface area contributed by atoms with Crippen molar-refractivity contribution in [1.82, 2.24) is 19.4 Å². The number of hydrogen-bond donors (Lipinski definition) is 1. The number of anilines is 2. The highest BCUT2D eigenvalue weighted by Crippen LogP contribution is 2.63. The van der Waals surface area contributed by atoms with Crippen molar-refractivity contribution in [2.75, 3.05) is 37.0 Å². The topological polar surface area (TPSA) is 110 Å². The van der Waals surface area contributed by atoms with Crippen LogP contribution < -0.4 is 10.2 Å². The Balaban J connectivity index is 0.00000351. The molecule has 1 saturated carbocycles. The van der Waals surface area contributed by atoms with E-state index in [4.69, 9.17) is 4.74 Å². The van der Waals surface area contributed by atoms with Gasteiger partial charge in [-0.1, -0.05) is 12.1 Å². The summed E-state index contributed by atoms with van der Waals surface area (Å²) in [7, 11) is 1.43. The first-order valence-corrected chi connectivity index (χ1v) is 16.8. The number of nitrogens with zero attached hydrogens (tertiary/aromatic N) is 5. The molecule has 2 aliphatic carbocycles. The molecule has 8 rings (SSSR count). The van der Waals surface area contributed by atoms with E-state index in [1.807, 2.05) is 22.8 Å². The van der Waals surface area contributed by atoms with Gasteiger partial charge in [-0.3, -0.25) is 19.7 Å². The van der Waals surface area contributed by atoms with Gasteiger partial charge in [0.05, 0.1) is 19.1 Å². The zero-order valence-electron chi connectivity index (χ0n) is 25.6. The molecule has 10 nitrogen and oxygen atoms in total. The van der Waals surface area contributed by atoms with Crippen LogP contribution in [0.25, 0.3) is 5.57 Å². The van der Waals surface area contributed by atoms with Crippen LogP contribution in [-0.2, 0) is 32.1 Å². The van der Waals surface area contributed by atoms with E-state index in [1.165, 1.54) is 23.3 Å². The standard InChI is InChI=1S/C34H35FN6O4S.H2/c1-45-28(42)15-20-8-12-39(13-9-20)22-6-4-21(5-7-22)23-16-24-26(34(35)17-25(23)34)18-41(32(24)44)30(31(43)38-33-36-10-14-46-33)29-27-3-2-11-40(27)19-37-29;/h4-7,10,14,16,19-20,25,30H,2-3,8-9,11-13,15,17-18H2,1H3,(H,36,38,43);1H. The molecule has 0 bridgehead atoms. The van der Waals surface area contributed by atoms with Gasteiger partial charge in [0, 0.05) is 68.5 Å². The van der Waals surface area contributed by atoms with E-state index < -0.39 is 17.6 Å². The van der Waals surface area contributed by atoms with Crippen molar-refractivity contribution in [3.8, 4) is 0 Å². The Hall–Kier alpha value is -4.32. The number of alkyl halides is 1. The first-order chi connectivity index (χ1) is 22.3. The molecule has 1 saturated heterocycles. The average Bonchev–Trinajstić information content (AvgIpc) is 3.59. The molecule has 3 aliphatic heterocycles. The van der Waals surface area contributed by atoms with Crippen molar-refractivity contribution in [3.63, 3.8) is 0 Å². The first kappa shape index (κ1) is 29.1. The zero-order valence-corrected chi connectivity index (χ0v) is 26.4. The molecule has 5 heterocycles. The van der Waals surface area contributed by atoms with Crippen LogP contribution in [0.4, 0.5) is 15.2 Å². The molecular formula is C34H37FN6O4S. The number of amides is 2. The monoisotopic (exact) mass is 644 g/mol. The normalized spacial score (nSPS) is 24.3. The predicted molar refractivity (Wildman–Crippen MR) is 173 cm³/mol. The summed E-state index contributed by atoms with van der Waals surface area (Å²) < 4.78 is 23.5. The van der Waals surface area contributed by atoms with Crippen molar-refractivity contribution in [1.29, 1.82) is 0 Å². The fourth-order valence-corrected chi connectivity index (χ4v) is 8.31. The summed E-state index contributed by atoms with van der Waals surface area (Å²) >= 11 is 1.30. The third kappa shape index (κ3) is 4.85. The maximum absolute atomic E-state index is 16.6. The first-order valence-electron chi connectivity index (χ1n) is 16.0. The molecule has 12 heteroatoms. The number of esters is 1. The van der Waals surface area contributed by atoms with E-state index in [2.05, 4.69) is 32.3 Å². The third-order valence-corrected chi connectivity index (χ3v) is 11.0. The molecule has 3 unspecified atom stereocenters. The summed E-state index contributed by atoms with van der Waals surface area (Å²) in [6.07, 6.45) is 9.55. The van der Waals surface area contributed by atoms with Gasteiger partial charge in [0.1, 0.15) is 5.67 Å². The SMILES string of the molecule is COC(=O)CC1CCN(c2ccc(C3=CC4=C(CN(C(C(=O)Nc5nccs5)c5ncn6c5CCC6)C4=O)C4(F)CC34)cc2)CC1.[HH]. The van der Waals surface area contributed by atoms with E-state index >= 15 is 4.39 Å². The van der Waals surface area contributed by atoms with Crippen LogP contribution in [0, 0.1) is 11.8 Å². The number of carbonyl (C=O) groups is 3. The van der Waals surface area contributed by atoms with Gasteiger partial charge >= 0.3 is 5.97 Å². The lowest BCUT2D eigenvalue weighted by atomic mass is 9.88. The van der Waals surface area contributed by atoms with Crippen molar-refractivity contribution >= 4 is 45.5 Å². The van der Waals surface area contributed by atoms with Crippen molar-refractivity contribution in [3.05, 3.63) is 76.3 Å². The number of imidazole rings is 1. The van der Waals surface area contributed by atoms with Gasteiger partial charge in [0.2, 0.25) is 0 Å². The number of piperidine rings is 1. The lowest BCUT2D eigenvalue weighted by molar-refractivity contribution is -0.141. The van der Waals surface area contributed by atoms with E-state index in [0.29, 0.717) is 40.7 Å². The van der Waals surface area contributed by atoms with Gasteiger partial charge < -0.3 is 19.1 Å². The molecule has 1 aromatic carbocycles. The number of benzene rings is 1. The predicted octanol–water partition coefficient (Wildman–Crippen LogP) is 4.96. The highest BCUT2D eigenvalue weighted by atomic mass is 32.1. The van der Waals surface area contributed by atoms with Crippen LogP contribution in [0.3, 0.4) is 0 Å². The lowest BCUT2D eigenvalue weighted by Gasteiger charge is -2.33. The number of thiazole rings is 1. The summed E-state index contributed by atoms with van der Waals surface area (Å²) in [5.41, 5.74) is 3.53. The summed E-state index contributed by atoms with van der Waals surface area (Å²) in [5.74, 6) is -0.888. The molecular weight excluding hydrogens is 607 g/mol. The van der Waals surface area contributed by atoms with Gasteiger partial charge in [0.25, 0.3) is 11.8 Å². The van der Waals surface area contributed by atoms with E-state index in [9.17, 15) is 14.4 Å². The number of hydrogen-bond acceptors (Lipinski definition) is 8. The number of nitrogens with one attached hydrogen (secondary N) is 1. The lowest BCUT2D eigenvalue weighted by Crippen LogP contribution is -2.40. The molecule has 3 atom stereocenters. The molecule has 0 spiro atoms. The highest BCUT2D eigenvalue weighted by Gasteiger charge is 2.64. The Labute approximate surface area is 271 Å². The maximum Gasteiger partial charge on any atom is 0.305 e. The molecule has 2 aromatic heterocycles.